The highest BCUT2D eigenvalue weighted by atomic mass is 32.2. The SMILES string of the molecule is Cc1cc(Nc2ncnc3c2ccn3C(=O)OC(C)(C)C)c(=O)n2c1C(=O)NC21CSC1. The summed E-state index contributed by atoms with van der Waals surface area (Å²) in [7, 11) is 0. The van der Waals surface area contributed by atoms with Crippen LogP contribution in [-0.4, -0.2) is 48.2 Å². The van der Waals surface area contributed by atoms with Crippen molar-refractivity contribution < 1.29 is 14.3 Å². The predicted molar refractivity (Wildman–Crippen MR) is 121 cm³/mol. The number of hydrogen-bond acceptors (Lipinski definition) is 8. The van der Waals surface area contributed by atoms with Crippen molar-refractivity contribution in [2.24, 2.45) is 0 Å². The summed E-state index contributed by atoms with van der Waals surface area (Å²) in [4.78, 5) is 46.9. The molecule has 1 amide bonds. The molecule has 2 aliphatic heterocycles. The maximum atomic E-state index is 13.4. The van der Waals surface area contributed by atoms with Crippen LogP contribution in [0.25, 0.3) is 11.0 Å². The van der Waals surface area contributed by atoms with Gasteiger partial charge in [-0.1, -0.05) is 0 Å². The normalized spacial score (nSPS) is 16.6. The molecule has 166 valence electrons. The molecule has 2 aliphatic rings. The van der Waals surface area contributed by atoms with Crippen LogP contribution in [0.15, 0.2) is 29.5 Å². The lowest BCUT2D eigenvalue weighted by Crippen LogP contribution is -2.57. The van der Waals surface area contributed by atoms with E-state index in [1.165, 1.54) is 10.9 Å². The van der Waals surface area contributed by atoms with Crippen molar-refractivity contribution in [3.63, 3.8) is 0 Å². The Morgan fingerprint density at radius 2 is 2.03 bits per heavy atom. The lowest BCUT2D eigenvalue weighted by molar-refractivity contribution is 0.0543. The van der Waals surface area contributed by atoms with Gasteiger partial charge >= 0.3 is 6.09 Å². The van der Waals surface area contributed by atoms with E-state index in [0.717, 1.165) is 0 Å². The summed E-state index contributed by atoms with van der Waals surface area (Å²) in [6.45, 7) is 7.16. The van der Waals surface area contributed by atoms with Gasteiger partial charge in [0.05, 0.1) is 5.39 Å². The lowest BCUT2D eigenvalue weighted by Gasteiger charge is -2.38. The van der Waals surface area contributed by atoms with Crippen LogP contribution in [0.2, 0.25) is 0 Å². The summed E-state index contributed by atoms with van der Waals surface area (Å²) in [5.74, 6) is 1.43. The summed E-state index contributed by atoms with van der Waals surface area (Å²) in [6.07, 6.45) is 2.32. The highest BCUT2D eigenvalue weighted by Gasteiger charge is 2.49. The molecule has 5 rings (SSSR count). The third kappa shape index (κ3) is 3.07. The van der Waals surface area contributed by atoms with Crippen LogP contribution in [0.3, 0.4) is 0 Å². The van der Waals surface area contributed by atoms with Crippen LogP contribution in [0.4, 0.5) is 16.3 Å². The molecule has 5 heterocycles. The second-order valence-corrected chi connectivity index (χ2v) is 9.94. The Labute approximate surface area is 187 Å². The Hall–Kier alpha value is -3.34. The summed E-state index contributed by atoms with van der Waals surface area (Å²) in [5.41, 5.74) is 0.113. The molecule has 0 aliphatic carbocycles. The molecule has 3 aromatic rings. The molecule has 10 nitrogen and oxygen atoms in total. The Bertz CT molecular complexity index is 1350. The van der Waals surface area contributed by atoms with Gasteiger partial charge < -0.3 is 15.4 Å². The molecule has 0 unspecified atom stereocenters. The third-order valence-corrected chi connectivity index (χ3v) is 6.75. The second-order valence-electron chi connectivity index (χ2n) is 8.96. The number of carbonyl (C=O) groups excluding carboxylic acids is 2. The number of ether oxygens (including phenoxy) is 1. The van der Waals surface area contributed by atoms with Gasteiger partial charge in [-0.2, -0.15) is 11.8 Å². The van der Waals surface area contributed by atoms with Gasteiger partial charge in [-0.3, -0.25) is 14.2 Å². The predicted octanol–water partition coefficient (Wildman–Crippen LogP) is 2.57. The smallest absolute Gasteiger partial charge is 0.420 e. The molecule has 0 radical (unpaired) electrons. The van der Waals surface area contributed by atoms with E-state index in [1.807, 2.05) is 0 Å². The molecule has 1 spiro atoms. The van der Waals surface area contributed by atoms with Crippen molar-refractivity contribution in [2.45, 2.75) is 39.0 Å². The van der Waals surface area contributed by atoms with Gasteiger partial charge in [0, 0.05) is 17.7 Å². The molecular weight excluding hydrogens is 432 g/mol. The quantitative estimate of drug-likeness (QED) is 0.606. The van der Waals surface area contributed by atoms with Crippen LogP contribution in [0, 0.1) is 6.92 Å². The van der Waals surface area contributed by atoms with Gasteiger partial charge in [-0.05, 0) is 45.4 Å². The fourth-order valence-corrected chi connectivity index (χ4v) is 4.98. The highest BCUT2D eigenvalue weighted by Crippen LogP contribution is 2.38. The molecule has 3 aromatic heterocycles. The molecule has 0 bridgehead atoms. The van der Waals surface area contributed by atoms with Gasteiger partial charge in [0.25, 0.3) is 11.5 Å². The van der Waals surface area contributed by atoms with Crippen LogP contribution in [-0.2, 0) is 10.4 Å². The summed E-state index contributed by atoms with van der Waals surface area (Å²) in [5, 5.41) is 6.61. The number of nitrogens with one attached hydrogen (secondary N) is 2. The Morgan fingerprint density at radius 1 is 1.28 bits per heavy atom. The Morgan fingerprint density at radius 3 is 2.69 bits per heavy atom. The van der Waals surface area contributed by atoms with E-state index in [4.69, 9.17) is 4.74 Å². The van der Waals surface area contributed by atoms with Crippen LogP contribution in [0.1, 0.15) is 36.8 Å². The molecule has 0 atom stereocenters. The van der Waals surface area contributed by atoms with E-state index in [1.54, 1.807) is 62.4 Å². The van der Waals surface area contributed by atoms with E-state index >= 15 is 0 Å². The van der Waals surface area contributed by atoms with Gasteiger partial charge in [0.15, 0.2) is 5.65 Å². The molecule has 2 N–H and O–H groups in total. The first-order chi connectivity index (χ1) is 15.1. The number of anilines is 2. The first kappa shape index (κ1) is 20.6. The topological polar surface area (TPSA) is 120 Å². The van der Waals surface area contributed by atoms with E-state index in [9.17, 15) is 14.4 Å². The number of amides is 1. The standard InChI is InChI=1S/C21H22N6O4S/c1-11-7-13(18(29)27-14(11)17(28)25-21(27)8-32-9-21)24-15-12-5-6-26(16(12)23-10-22-15)19(30)31-20(2,3)4/h5-7,10H,8-9H2,1-4H3,(H,25,28)(H,22,23,24). The zero-order valence-electron chi connectivity index (χ0n) is 18.1. The van der Waals surface area contributed by atoms with Gasteiger partial charge in [0.1, 0.15) is 34.8 Å². The van der Waals surface area contributed by atoms with E-state index in [0.29, 0.717) is 45.3 Å². The number of pyridine rings is 1. The summed E-state index contributed by atoms with van der Waals surface area (Å²) in [6, 6.07) is 3.34. The molecule has 1 fully saturated rings. The molecule has 11 heteroatoms. The van der Waals surface area contributed by atoms with Crippen molar-refractivity contribution >= 4 is 46.3 Å². The maximum Gasteiger partial charge on any atom is 0.420 e. The molecule has 1 saturated heterocycles. The van der Waals surface area contributed by atoms with Crippen molar-refractivity contribution in [1.29, 1.82) is 0 Å². The van der Waals surface area contributed by atoms with Crippen molar-refractivity contribution in [2.75, 3.05) is 16.8 Å². The summed E-state index contributed by atoms with van der Waals surface area (Å²) >= 11 is 1.67. The lowest BCUT2D eigenvalue weighted by atomic mass is 10.1. The van der Waals surface area contributed by atoms with Crippen molar-refractivity contribution in [3.8, 4) is 0 Å². The number of thioether (sulfide) groups is 1. The Balaban J connectivity index is 1.56. The van der Waals surface area contributed by atoms with Gasteiger partial charge in [0.2, 0.25) is 0 Å². The van der Waals surface area contributed by atoms with E-state index < -0.39 is 17.4 Å². The van der Waals surface area contributed by atoms with E-state index in [-0.39, 0.29) is 11.5 Å². The average molecular weight is 455 g/mol. The number of fused-ring (bicyclic) bond motifs is 3. The largest absolute Gasteiger partial charge is 0.443 e. The number of hydrogen-bond donors (Lipinski definition) is 2. The fraction of sp³-hybridized carbons (Fsp3) is 0.381. The first-order valence-corrected chi connectivity index (χ1v) is 11.2. The molecule has 0 aromatic carbocycles. The van der Waals surface area contributed by atoms with Gasteiger partial charge in [-0.25, -0.2) is 19.3 Å². The Kier molecular flexibility index (Phi) is 4.39. The second kappa shape index (κ2) is 6.83. The van der Waals surface area contributed by atoms with Crippen LogP contribution < -0.4 is 16.2 Å². The number of nitrogens with zero attached hydrogens (tertiary/aromatic N) is 4. The van der Waals surface area contributed by atoms with Gasteiger partial charge in [-0.15, -0.1) is 0 Å². The number of rotatable bonds is 2. The monoisotopic (exact) mass is 454 g/mol. The third-order valence-electron chi connectivity index (χ3n) is 5.39. The summed E-state index contributed by atoms with van der Waals surface area (Å²) < 4.78 is 8.30. The van der Waals surface area contributed by atoms with E-state index in [2.05, 4.69) is 20.6 Å². The number of carbonyl (C=O) groups is 2. The van der Waals surface area contributed by atoms with Crippen molar-refractivity contribution in [1.82, 2.24) is 24.4 Å². The number of aryl methyl sites for hydroxylation is 1. The first-order valence-electron chi connectivity index (χ1n) is 10.1. The number of aromatic nitrogens is 4. The zero-order chi connectivity index (χ0) is 22.8. The molecule has 0 saturated carbocycles. The average Bonchev–Trinajstić information content (AvgIpc) is 3.24. The molecule has 32 heavy (non-hydrogen) atoms. The maximum absolute atomic E-state index is 13.4. The highest BCUT2D eigenvalue weighted by molar-refractivity contribution is 8.00. The minimum Gasteiger partial charge on any atom is -0.443 e. The minimum atomic E-state index is -0.669. The molecular formula is C21H22N6O4S. The van der Waals surface area contributed by atoms with Crippen molar-refractivity contribution in [3.05, 3.63) is 46.3 Å². The fourth-order valence-electron chi connectivity index (χ4n) is 3.98. The van der Waals surface area contributed by atoms with Crippen LogP contribution >= 0.6 is 11.8 Å². The van der Waals surface area contributed by atoms with Crippen LogP contribution in [0.5, 0.6) is 0 Å². The zero-order valence-corrected chi connectivity index (χ0v) is 18.9. The minimum absolute atomic E-state index is 0.231.